The zero-order valence-corrected chi connectivity index (χ0v) is 9.41. The van der Waals surface area contributed by atoms with Crippen molar-refractivity contribution >= 4 is 22.0 Å². The van der Waals surface area contributed by atoms with Crippen LogP contribution in [0.3, 0.4) is 0 Å². The molecule has 0 atom stereocenters. The first kappa shape index (κ1) is 14.2. The minimum Gasteiger partial charge on any atom is -0.250 e. The van der Waals surface area contributed by atoms with E-state index < -0.39 is 37.5 Å². The molecular formula is C7H4F5NO2S2. The van der Waals surface area contributed by atoms with E-state index in [1.54, 1.807) is 0 Å². The maximum absolute atomic E-state index is 12.9. The van der Waals surface area contributed by atoms with Gasteiger partial charge in [-0.1, -0.05) is 9.95 Å². The van der Waals surface area contributed by atoms with Gasteiger partial charge in [-0.25, -0.2) is 4.98 Å². The average Bonchev–Trinajstić information content (AvgIpc) is 2.16. The SMILES string of the molecule is O=S(=O)(F)C(F)(F)C(F)(F)Sc1ccccn1. The second-order valence-corrected chi connectivity index (χ2v) is 5.26. The molecule has 0 N–H and O–H groups in total. The van der Waals surface area contributed by atoms with Crippen LogP contribution < -0.4 is 0 Å². The van der Waals surface area contributed by atoms with Gasteiger partial charge in [0, 0.05) is 6.20 Å². The van der Waals surface area contributed by atoms with Crippen LogP contribution in [0, 0.1) is 0 Å². The van der Waals surface area contributed by atoms with Gasteiger partial charge in [0.05, 0.1) is 0 Å². The molecule has 0 bridgehead atoms. The lowest BCUT2D eigenvalue weighted by molar-refractivity contribution is -0.0928. The molecule has 0 amide bonds. The third-order valence-electron chi connectivity index (χ3n) is 1.52. The Hall–Kier alpha value is -0.900. The summed E-state index contributed by atoms with van der Waals surface area (Å²) >= 11 is -0.834. The van der Waals surface area contributed by atoms with E-state index in [4.69, 9.17) is 0 Å². The standard InChI is InChI=1S/C7H4F5NO2S2/c8-6(9,7(10,11)17(12,14)15)16-5-3-1-2-4-13-5/h1-4H. The van der Waals surface area contributed by atoms with E-state index in [1.165, 1.54) is 12.1 Å². The van der Waals surface area contributed by atoms with E-state index in [2.05, 4.69) is 4.98 Å². The zero-order chi connectivity index (χ0) is 13.3. The smallest absolute Gasteiger partial charge is 0.250 e. The van der Waals surface area contributed by atoms with Crippen LogP contribution in [-0.4, -0.2) is 23.9 Å². The van der Waals surface area contributed by atoms with Gasteiger partial charge in [0.1, 0.15) is 5.03 Å². The second-order valence-electron chi connectivity index (χ2n) is 2.74. The number of nitrogens with zero attached hydrogens (tertiary/aromatic N) is 1. The molecule has 0 radical (unpaired) electrons. The fourth-order valence-corrected chi connectivity index (χ4v) is 2.09. The molecule has 0 aromatic carbocycles. The summed E-state index contributed by atoms with van der Waals surface area (Å²) in [6, 6.07) is 3.53. The van der Waals surface area contributed by atoms with Crippen molar-refractivity contribution in [3.8, 4) is 0 Å². The molecule has 1 aromatic heterocycles. The molecule has 17 heavy (non-hydrogen) atoms. The summed E-state index contributed by atoms with van der Waals surface area (Å²) < 4.78 is 83.1. The molecule has 1 rings (SSSR count). The highest BCUT2D eigenvalue weighted by Gasteiger charge is 2.67. The lowest BCUT2D eigenvalue weighted by Gasteiger charge is -2.21. The third-order valence-corrected chi connectivity index (χ3v) is 3.48. The van der Waals surface area contributed by atoms with Gasteiger partial charge in [-0.3, -0.25) is 0 Å². The lowest BCUT2D eigenvalue weighted by atomic mass is 10.5. The van der Waals surface area contributed by atoms with Crippen LogP contribution >= 0.6 is 11.8 Å². The Kier molecular flexibility index (Phi) is 3.67. The summed E-state index contributed by atoms with van der Waals surface area (Å²) in [6.07, 6.45) is 1.04. The van der Waals surface area contributed by atoms with Gasteiger partial charge in [0.25, 0.3) is 0 Å². The number of rotatable bonds is 4. The van der Waals surface area contributed by atoms with Crippen LogP contribution in [0.5, 0.6) is 0 Å². The van der Waals surface area contributed by atoms with Crippen molar-refractivity contribution in [2.75, 3.05) is 0 Å². The molecule has 0 fully saturated rings. The number of aromatic nitrogens is 1. The van der Waals surface area contributed by atoms with Crippen molar-refractivity contribution in [2.24, 2.45) is 0 Å². The monoisotopic (exact) mass is 293 g/mol. The van der Waals surface area contributed by atoms with Crippen molar-refractivity contribution in [3.63, 3.8) is 0 Å². The Bertz CT molecular complexity index is 490. The van der Waals surface area contributed by atoms with E-state index in [-0.39, 0.29) is 0 Å². The Morgan fingerprint density at radius 2 is 1.76 bits per heavy atom. The highest BCUT2D eigenvalue weighted by Crippen LogP contribution is 2.49. The minimum atomic E-state index is -6.71. The Balaban J connectivity index is 3.05. The van der Waals surface area contributed by atoms with Gasteiger partial charge in [0.15, 0.2) is 0 Å². The molecule has 0 spiro atoms. The summed E-state index contributed by atoms with van der Waals surface area (Å²) in [6.45, 7) is 0. The third kappa shape index (κ3) is 2.86. The van der Waals surface area contributed by atoms with E-state index >= 15 is 0 Å². The predicted molar refractivity (Wildman–Crippen MR) is 50.0 cm³/mol. The molecule has 10 heteroatoms. The number of thioether (sulfide) groups is 1. The van der Waals surface area contributed by atoms with E-state index in [0.29, 0.717) is 0 Å². The van der Waals surface area contributed by atoms with Crippen molar-refractivity contribution in [1.29, 1.82) is 0 Å². The maximum Gasteiger partial charge on any atom is 0.446 e. The molecule has 1 heterocycles. The first-order valence-electron chi connectivity index (χ1n) is 3.88. The first-order valence-corrected chi connectivity index (χ1v) is 6.08. The fourth-order valence-electron chi connectivity index (χ4n) is 0.740. The van der Waals surface area contributed by atoms with Gasteiger partial charge >= 0.3 is 20.7 Å². The predicted octanol–water partition coefficient (Wildman–Crippen LogP) is 2.66. The molecule has 0 aliphatic rings. The summed E-state index contributed by atoms with van der Waals surface area (Å²) in [7, 11) is -6.71. The highest BCUT2D eigenvalue weighted by atomic mass is 32.3. The van der Waals surface area contributed by atoms with Crippen LogP contribution in [-0.2, 0) is 10.2 Å². The number of halogens is 5. The summed E-state index contributed by atoms with van der Waals surface area (Å²) in [4.78, 5) is 3.29. The number of hydrogen-bond acceptors (Lipinski definition) is 4. The van der Waals surface area contributed by atoms with Gasteiger partial charge in [-0.2, -0.15) is 26.0 Å². The van der Waals surface area contributed by atoms with Gasteiger partial charge in [0.2, 0.25) is 0 Å². The van der Waals surface area contributed by atoms with Gasteiger partial charge in [-0.15, -0.1) is 0 Å². The van der Waals surface area contributed by atoms with Crippen LogP contribution in [0.25, 0.3) is 0 Å². The van der Waals surface area contributed by atoms with E-state index in [1.807, 2.05) is 0 Å². The molecular weight excluding hydrogens is 289 g/mol. The summed E-state index contributed by atoms with van der Waals surface area (Å²) in [5.41, 5.74) is 0. The quantitative estimate of drug-likeness (QED) is 0.486. The highest BCUT2D eigenvalue weighted by molar-refractivity contribution is 8.01. The van der Waals surface area contributed by atoms with Gasteiger partial charge in [-0.05, 0) is 23.9 Å². The zero-order valence-electron chi connectivity index (χ0n) is 7.78. The van der Waals surface area contributed by atoms with E-state index in [0.717, 1.165) is 12.3 Å². The van der Waals surface area contributed by atoms with Crippen LogP contribution in [0.15, 0.2) is 29.4 Å². The fraction of sp³-hybridized carbons (Fsp3) is 0.286. The normalized spacial score (nSPS) is 13.7. The maximum atomic E-state index is 12.9. The molecule has 0 aliphatic carbocycles. The summed E-state index contributed by atoms with van der Waals surface area (Å²) in [5, 5.41) is -11.5. The Labute approximate surface area is 97.3 Å². The van der Waals surface area contributed by atoms with Crippen LogP contribution in [0.4, 0.5) is 21.4 Å². The van der Waals surface area contributed by atoms with Gasteiger partial charge < -0.3 is 0 Å². The first-order chi connectivity index (χ1) is 7.58. The number of hydrogen-bond donors (Lipinski definition) is 0. The molecule has 3 nitrogen and oxygen atoms in total. The Morgan fingerprint density at radius 1 is 1.18 bits per heavy atom. The van der Waals surface area contributed by atoms with Crippen molar-refractivity contribution in [2.45, 2.75) is 15.5 Å². The number of pyridine rings is 1. The minimum absolute atomic E-state index is 0.555. The van der Waals surface area contributed by atoms with Crippen molar-refractivity contribution in [3.05, 3.63) is 24.4 Å². The van der Waals surface area contributed by atoms with Crippen LogP contribution in [0.1, 0.15) is 0 Å². The molecule has 0 aliphatic heterocycles. The lowest BCUT2D eigenvalue weighted by Crippen LogP contribution is -2.42. The molecule has 0 unspecified atom stereocenters. The van der Waals surface area contributed by atoms with Crippen molar-refractivity contribution in [1.82, 2.24) is 4.98 Å². The molecule has 96 valence electrons. The average molecular weight is 293 g/mol. The Morgan fingerprint density at radius 3 is 2.18 bits per heavy atom. The molecule has 0 saturated carbocycles. The molecule has 1 aromatic rings. The molecule has 0 saturated heterocycles. The van der Waals surface area contributed by atoms with Crippen molar-refractivity contribution < 1.29 is 29.9 Å². The number of alkyl halides is 4. The summed E-state index contributed by atoms with van der Waals surface area (Å²) in [5.74, 6) is 0. The van der Waals surface area contributed by atoms with Crippen LogP contribution in [0.2, 0.25) is 0 Å². The largest absolute Gasteiger partial charge is 0.446 e. The topological polar surface area (TPSA) is 47.0 Å². The van der Waals surface area contributed by atoms with E-state index in [9.17, 15) is 29.9 Å². The second kappa shape index (κ2) is 4.41.